The van der Waals surface area contributed by atoms with Gasteiger partial charge in [-0.1, -0.05) is 121 Å². The molecule has 1 N–H and O–H groups in total. The lowest BCUT2D eigenvalue weighted by Gasteiger charge is -2.33. The van der Waals surface area contributed by atoms with Crippen LogP contribution in [0.15, 0.2) is 194 Å². The number of benzene rings is 8. The van der Waals surface area contributed by atoms with Crippen molar-refractivity contribution in [3.05, 3.63) is 250 Å². The van der Waals surface area contributed by atoms with E-state index in [1.165, 1.54) is 48.5 Å². The van der Waals surface area contributed by atoms with E-state index in [1.807, 2.05) is 74.5 Å². The van der Waals surface area contributed by atoms with Gasteiger partial charge in [-0.2, -0.15) is 21.6 Å². The van der Waals surface area contributed by atoms with Crippen molar-refractivity contribution in [2.45, 2.75) is 32.4 Å². The third-order valence-electron chi connectivity index (χ3n) is 11.4. The first-order valence-electron chi connectivity index (χ1n) is 21.5. The van der Waals surface area contributed by atoms with Crippen LogP contribution < -0.4 is 9.47 Å². The Bertz CT molecular complexity index is 3200. The molecule has 348 valence electrons. The number of hydrogen-bond donors (Lipinski definition) is 1. The summed E-state index contributed by atoms with van der Waals surface area (Å²) in [5.74, 6) is 1.12. The number of rotatable bonds is 13. The molecule has 0 bridgehead atoms. The molecule has 0 spiro atoms. The van der Waals surface area contributed by atoms with Crippen molar-refractivity contribution in [1.29, 1.82) is 0 Å². The van der Waals surface area contributed by atoms with E-state index in [1.54, 1.807) is 84.9 Å². The van der Waals surface area contributed by atoms with E-state index in [0.717, 1.165) is 29.2 Å². The average molecular weight is 947 g/mol. The summed E-state index contributed by atoms with van der Waals surface area (Å²) >= 11 is 0. The summed E-state index contributed by atoms with van der Waals surface area (Å²) in [5, 5.41) is 0. The van der Waals surface area contributed by atoms with Gasteiger partial charge in [-0.05, 0) is 127 Å². The molecule has 0 aromatic heterocycles. The van der Waals surface area contributed by atoms with Gasteiger partial charge in [0.05, 0.1) is 6.26 Å². The lowest BCUT2D eigenvalue weighted by Crippen LogP contribution is -2.40. The highest BCUT2D eigenvalue weighted by atomic mass is 32.2. The lowest BCUT2D eigenvalue weighted by atomic mass is 9.75. The molecule has 8 nitrogen and oxygen atoms in total. The van der Waals surface area contributed by atoms with E-state index in [4.69, 9.17) is 14.0 Å². The molecule has 8 aromatic carbocycles. The number of carbonyl (C=O) groups excluding carboxylic acids is 3. The Hall–Kier alpha value is -7.93. The maximum absolute atomic E-state index is 14.9. The summed E-state index contributed by atoms with van der Waals surface area (Å²) in [7, 11) is -3.67. The second kappa shape index (κ2) is 20.5. The van der Waals surface area contributed by atoms with Crippen molar-refractivity contribution in [2.24, 2.45) is 0 Å². The Labute approximate surface area is 398 Å². The van der Waals surface area contributed by atoms with Gasteiger partial charge in [-0.3, -0.25) is 18.9 Å². The zero-order chi connectivity index (χ0) is 49.5. The predicted molar refractivity (Wildman–Crippen MR) is 260 cm³/mol. The summed E-state index contributed by atoms with van der Waals surface area (Å²) in [6, 6.07) is 54.0. The predicted octanol–water partition coefficient (Wildman–Crippen LogP) is 13.6. The van der Waals surface area contributed by atoms with E-state index in [9.17, 15) is 36.0 Å². The molecule has 0 aliphatic carbocycles. The van der Waals surface area contributed by atoms with Crippen LogP contribution in [-0.2, 0) is 15.5 Å². The third kappa shape index (κ3) is 12.0. The van der Waals surface area contributed by atoms with Crippen molar-refractivity contribution in [3.63, 3.8) is 0 Å². The molecule has 0 fully saturated rings. The molecule has 1 unspecified atom stereocenters. The Morgan fingerprint density at radius 1 is 0.464 bits per heavy atom. The molecule has 0 aliphatic rings. The Morgan fingerprint density at radius 2 is 0.797 bits per heavy atom. The molecule has 0 saturated heterocycles. The molecule has 0 heterocycles. The molecule has 0 saturated carbocycles. The van der Waals surface area contributed by atoms with Crippen molar-refractivity contribution >= 4 is 27.5 Å². The number of ether oxygens (including phenoxy) is 2. The van der Waals surface area contributed by atoms with Crippen LogP contribution in [0.25, 0.3) is 11.1 Å². The monoisotopic (exact) mass is 946 g/mol. The Kier molecular flexibility index (Phi) is 14.6. The van der Waals surface area contributed by atoms with Crippen molar-refractivity contribution in [2.75, 3.05) is 6.26 Å². The number of aryl methyl sites for hydroxylation is 2. The molecule has 0 aliphatic heterocycles. The van der Waals surface area contributed by atoms with Crippen molar-refractivity contribution in [1.82, 2.24) is 0 Å². The van der Waals surface area contributed by atoms with Crippen molar-refractivity contribution < 1.29 is 50.0 Å². The fraction of sp³-hybridized carbons (Fsp3) is 0.105. The number of alkyl halides is 3. The Balaban J connectivity index is 0.00000134. The summed E-state index contributed by atoms with van der Waals surface area (Å²) in [5.41, 5.74) is 4.53. The van der Waals surface area contributed by atoms with Crippen molar-refractivity contribution in [3.8, 4) is 34.1 Å². The first kappa shape index (κ1) is 49.0. The van der Waals surface area contributed by atoms with Crippen LogP contribution in [-0.4, -0.2) is 42.8 Å². The summed E-state index contributed by atoms with van der Waals surface area (Å²) in [4.78, 5) is 39.5. The smallest absolute Gasteiger partial charge is 0.402 e. The standard InChI is InChI=1S/C56H41F3O5.CH4O3S/c1-36-9-12-40(13-10-36)52(60)42-19-27-47(28-20-42)63-49-31-23-45(24-32-49)55(3,56(57,58)59)46-25-33-50(34-26-46)64-48-29-21-43(22-30-48)53(61)41-17-15-38(16-18-41)44-14-11-37(2)51(35-44)54(62)39-7-5-4-6-8-39;1-5(2,3)4/h4-35H,1-3H3;1H3,(H,2,3,4). The van der Waals surface area contributed by atoms with Crippen LogP contribution in [0.1, 0.15) is 76.9 Å². The maximum Gasteiger partial charge on any atom is 0.402 e. The maximum atomic E-state index is 14.9. The normalized spacial score (nSPS) is 12.2. The fourth-order valence-electron chi connectivity index (χ4n) is 7.47. The minimum absolute atomic E-state index is 0.0188. The van der Waals surface area contributed by atoms with E-state index in [0.29, 0.717) is 62.6 Å². The quantitative estimate of drug-likeness (QED) is 0.0895. The lowest BCUT2D eigenvalue weighted by molar-refractivity contribution is -0.173. The number of halogens is 3. The largest absolute Gasteiger partial charge is 0.457 e. The van der Waals surface area contributed by atoms with Crippen LogP contribution in [0, 0.1) is 13.8 Å². The van der Waals surface area contributed by atoms with E-state index in [2.05, 4.69) is 0 Å². The van der Waals surface area contributed by atoms with Gasteiger partial charge in [0.15, 0.2) is 17.3 Å². The van der Waals surface area contributed by atoms with Gasteiger partial charge in [-0.25, -0.2) is 0 Å². The van der Waals surface area contributed by atoms with Gasteiger partial charge in [0.25, 0.3) is 10.1 Å². The highest BCUT2D eigenvalue weighted by molar-refractivity contribution is 7.85. The highest BCUT2D eigenvalue weighted by Crippen LogP contribution is 2.47. The van der Waals surface area contributed by atoms with Crippen LogP contribution >= 0.6 is 0 Å². The van der Waals surface area contributed by atoms with E-state index in [-0.39, 0.29) is 28.5 Å². The molecule has 8 aromatic rings. The molecule has 0 radical (unpaired) electrons. The number of hydrogen-bond acceptors (Lipinski definition) is 7. The molecular weight excluding hydrogens is 902 g/mol. The van der Waals surface area contributed by atoms with Gasteiger partial charge in [0.1, 0.15) is 28.4 Å². The third-order valence-corrected chi connectivity index (χ3v) is 11.4. The highest BCUT2D eigenvalue weighted by Gasteiger charge is 2.53. The molecular formula is C57H45F3O8S. The van der Waals surface area contributed by atoms with Crippen LogP contribution in [0.4, 0.5) is 13.2 Å². The van der Waals surface area contributed by atoms with Gasteiger partial charge in [0.2, 0.25) is 0 Å². The SMILES string of the molecule is CS(=O)(=O)O.Cc1ccc(C(=O)c2ccc(Oc3ccc(C(C)(c4ccc(Oc5ccc(C(=O)c6ccc(-c7ccc(C)c(C(=O)c8ccccc8)c7)cc6)cc5)cc4)C(F)(F)F)cc3)cc2)cc1. The second-order valence-corrected chi connectivity index (χ2v) is 17.9. The fourth-order valence-corrected chi connectivity index (χ4v) is 7.47. The van der Waals surface area contributed by atoms with E-state index < -0.39 is 21.7 Å². The minimum atomic E-state index is -4.65. The zero-order valence-electron chi connectivity index (χ0n) is 37.8. The molecule has 0 amide bonds. The minimum Gasteiger partial charge on any atom is -0.457 e. The van der Waals surface area contributed by atoms with Gasteiger partial charge >= 0.3 is 6.18 Å². The topological polar surface area (TPSA) is 124 Å². The average Bonchev–Trinajstić information content (AvgIpc) is 3.34. The first-order valence-corrected chi connectivity index (χ1v) is 23.3. The molecule has 69 heavy (non-hydrogen) atoms. The van der Waals surface area contributed by atoms with Gasteiger partial charge in [-0.15, -0.1) is 0 Å². The van der Waals surface area contributed by atoms with Crippen LogP contribution in [0.2, 0.25) is 0 Å². The van der Waals surface area contributed by atoms with E-state index >= 15 is 0 Å². The van der Waals surface area contributed by atoms with Gasteiger partial charge < -0.3 is 9.47 Å². The first-order chi connectivity index (χ1) is 32.8. The number of carbonyl (C=O) groups is 3. The Morgan fingerprint density at radius 3 is 1.19 bits per heavy atom. The van der Waals surface area contributed by atoms with Crippen LogP contribution in [0.5, 0.6) is 23.0 Å². The number of ketones is 3. The second-order valence-electron chi connectivity index (χ2n) is 16.5. The van der Waals surface area contributed by atoms with Crippen LogP contribution in [0.3, 0.4) is 0 Å². The summed E-state index contributed by atoms with van der Waals surface area (Å²) < 4.78 is 82.5. The zero-order valence-corrected chi connectivity index (χ0v) is 38.6. The molecule has 1 atom stereocenters. The summed E-state index contributed by atoms with van der Waals surface area (Å²) in [6.07, 6.45) is -3.93. The molecule has 8 rings (SSSR count). The molecule has 12 heteroatoms. The summed E-state index contributed by atoms with van der Waals surface area (Å²) in [6.45, 7) is 4.99. The van der Waals surface area contributed by atoms with Gasteiger partial charge in [0, 0.05) is 33.4 Å².